The van der Waals surface area contributed by atoms with Gasteiger partial charge in [-0.2, -0.15) is 0 Å². The molecule has 0 spiro atoms. The molecule has 1 heterocycles. The summed E-state index contributed by atoms with van der Waals surface area (Å²) in [6.45, 7) is 14.3. The molecule has 1 aromatic carbocycles. The Balaban J connectivity index is 2.79. The molecule has 3 heteroatoms. The summed E-state index contributed by atoms with van der Waals surface area (Å²) < 4.78 is 14.2. The highest BCUT2D eigenvalue weighted by molar-refractivity contribution is 5.81. The van der Waals surface area contributed by atoms with Gasteiger partial charge in [-0.1, -0.05) is 40.7 Å². The molecule has 1 aliphatic heterocycles. The van der Waals surface area contributed by atoms with E-state index in [0.29, 0.717) is 11.5 Å². The molecular formula is C21H32FNO. The summed E-state index contributed by atoms with van der Waals surface area (Å²) in [6, 6.07) is 4.44. The van der Waals surface area contributed by atoms with E-state index in [-0.39, 0.29) is 5.41 Å². The Morgan fingerprint density at radius 2 is 2.00 bits per heavy atom. The van der Waals surface area contributed by atoms with Gasteiger partial charge in [0.1, 0.15) is 5.83 Å². The van der Waals surface area contributed by atoms with Gasteiger partial charge in [0, 0.05) is 24.3 Å². The van der Waals surface area contributed by atoms with E-state index in [1.54, 1.807) is 6.92 Å². The number of benzene rings is 1. The van der Waals surface area contributed by atoms with Crippen molar-refractivity contribution < 1.29 is 9.50 Å². The second-order valence-electron chi connectivity index (χ2n) is 7.93. The molecule has 1 aliphatic rings. The number of nitrogens with zero attached hydrogens (tertiary/aromatic N) is 1. The van der Waals surface area contributed by atoms with Crippen molar-refractivity contribution in [2.24, 2.45) is 0 Å². The van der Waals surface area contributed by atoms with Crippen molar-refractivity contribution in [1.29, 1.82) is 0 Å². The summed E-state index contributed by atoms with van der Waals surface area (Å²) in [7, 11) is 0. The lowest BCUT2D eigenvalue weighted by Crippen LogP contribution is -2.38. The number of allylic oxidation sites excluding steroid dienone is 1. The average Bonchev–Trinajstić information content (AvgIpc) is 2.55. The third kappa shape index (κ3) is 3.51. The summed E-state index contributed by atoms with van der Waals surface area (Å²) in [6.07, 6.45) is 2.17. The van der Waals surface area contributed by atoms with E-state index in [9.17, 15) is 9.50 Å². The van der Waals surface area contributed by atoms with Gasteiger partial charge in [-0.25, -0.2) is 4.39 Å². The van der Waals surface area contributed by atoms with E-state index in [2.05, 4.69) is 51.7 Å². The van der Waals surface area contributed by atoms with Crippen LogP contribution in [0.4, 0.5) is 10.1 Å². The lowest BCUT2D eigenvalue weighted by Gasteiger charge is -2.42. The van der Waals surface area contributed by atoms with Crippen LogP contribution in [0.5, 0.6) is 0 Å². The molecule has 0 unspecified atom stereocenters. The van der Waals surface area contributed by atoms with Crippen LogP contribution in [0.2, 0.25) is 0 Å². The second-order valence-corrected chi connectivity index (χ2v) is 7.93. The highest BCUT2D eigenvalue weighted by atomic mass is 19.1. The maximum atomic E-state index is 14.2. The van der Waals surface area contributed by atoms with Crippen LogP contribution in [0.25, 0.3) is 5.57 Å². The Morgan fingerprint density at radius 1 is 1.33 bits per heavy atom. The van der Waals surface area contributed by atoms with Crippen molar-refractivity contribution in [3.63, 3.8) is 0 Å². The molecule has 134 valence electrons. The Labute approximate surface area is 146 Å². The van der Waals surface area contributed by atoms with Crippen molar-refractivity contribution in [2.45, 2.75) is 65.7 Å². The highest BCUT2D eigenvalue weighted by Gasteiger charge is 2.33. The average molecular weight is 333 g/mol. The normalized spacial score (nSPS) is 17.8. The molecule has 0 fully saturated rings. The first-order valence-electron chi connectivity index (χ1n) is 9.12. The van der Waals surface area contributed by atoms with E-state index >= 15 is 0 Å². The first kappa shape index (κ1) is 19.0. The number of hydrogen-bond donors (Lipinski definition) is 1. The third-order valence-corrected chi connectivity index (χ3v) is 5.29. The smallest absolute Gasteiger partial charge is 0.129 e. The molecule has 1 aromatic rings. The molecule has 0 aromatic heterocycles. The van der Waals surface area contributed by atoms with Gasteiger partial charge in [0.05, 0.1) is 6.61 Å². The second kappa shape index (κ2) is 7.26. The van der Waals surface area contributed by atoms with Gasteiger partial charge in [0.25, 0.3) is 0 Å². The van der Waals surface area contributed by atoms with Crippen LogP contribution in [0.3, 0.4) is 0 Å². The summed E-state index contributed by atoms with van der Waals surface area (Å²) >= 11 is 0. The van der Waals surface area contributed by atoms with Gasteiger partial charge in [-0.15, -0.1) is 0 Å². The minimum atomic E-state index is -0.538. The maximum Gasteiger partial charge on any atom is 0.129 e. The summed E-state index contributed by atoms with van der Waals surface area (Å²) in [4.78, 5) is 2.40. The Bertz CT molecular complexity index is 631. The number of anilines is 1. The number of halogens is 1. The van der Waals surface area contributed by atoms with E-state index in [1.165, 1.54) is 16.8 Å². The van der Waals surface area contributed by atoms with E-state index < -0.39 is 12.4 Å². The zero-order valence-electron chi connectivity index (χ0n) is 16.0. The van der Waals surface area contributed by atoms with Crippen LogP contribution in [0, 0.1) is 0 Å². The molecule has 0 radical (unpaired) electrons. The van der Waals surface area contributed by atoms with Crippen molar-refractivity contribution in [1.82, 2.24) is 0 Å². The lowest BCUT2D eigenvalue weighted by atomic mass is 9.74. The van der Waals surface area contributed by atoms with Crippen molar-refractivity contribution in [2.75, 3.05) is 24.6 Å². The van der Waals surface area contributed by atoms with E-state index in [0.717, 1.165) is 31.5 Å². The zero-order valence-corrected chi connectivity index (χ0v) is 16.0. The topological polar surface area (TPSA) is 23.5 Å². The van der Waals surface area contributed by atoms with Crippen LogP contribution < -0.4 is 4.90 Å². The number of rotatable bonds is 5. The zero-order chi connectivity index (χ0) is 18.1. The molecule has 24 heavy (non-hydrogen) atoms. The highest BCUT2D eigenvalue weighted by Crippen LogP contribution is 2.45. The fraction of sp³-hybridized carbons (Fsp3) is 0.619. The molecule has 0 saturated carbocycles. The largest absolute Gasteiger partial charge is 0.389 e. The molecular weight excluding hydrogens is 301 g/mol. The van der Waals surface area contributed by atoms with Crippen LogP contribution in [-0.4, -0.2) is 24.8 Å². The van der Waals surface area contributed by atoms with Crippen LogP contribution in [0.15, 0.2) is 18.0 Å². The summed E-state index contributed by atoms with van der Waals surface area (Å²) in [5, 5.41) is 9.27. The standard InChI is InChI=1S/C21H32FNO/c1-7-9-23-10-8-21(5,6)18-12-16(14(2)3)11-17(20(18)23)15(4)19(22)13-24/h11-12,14,24H,7-10,13H2,1-6H3/b19-15+. The van der Waals surface area contributed by atoms with E-state index in [4.69, 9.17) is 0 Å². The fourth-order valence-electron chi connectivity index (χ4n) is 3.55. The molecule has 0 atom stereocenters. The SMILES string of the molecule is CCCN1CCC(C)(C)c2cc(C(C)C)cc(/C(C)=C(/F)CO)c21. The number of aliphatic hydroxyl groups excluding tert-OH is 1. The molecule has 0 aliphatic carbocycles. The van der Waals surface area contributed by atoms with Gasteiger partial charge in [0.2, 0.25) is 0 Å². The van der Waals surface area contributed by atoms with Gasteiger partial charge < -0.3 is 10.0 Å². The first-order valence-corrected chi connectivity index (χ1v) is 9.12. The Kier molecular flexibility index (Phi) is 5.74. The van der Waals surface area contributed by atoms with Crippen molar-refractivity contribution in [3.8, 4) is 0 Å². The van der Waals surface area contributed by atoms with Crippen molar-refractivity contribution >= 4 is 11.3 Å². The van der Waals surface area contributed by atoms with Crippen LogP contribution >= 0.6 is 0 Å². The Hall–Kier alpha value is -1.35. The quantitative estimate of drug-likeness (QED) is 0.780. The predicted octanol–water partition coefficient (Wildman–Crippen LogP) is 5.40. The molecule has 2 rings (SSSR count). The third-order valence-electron chi connectivity index (χ3n) is 5.29. The van der Waals surface area contributed by atoms with Crippen molar-refractivity contribution in [3.05, 3.63) is 34.6 Å². The van der Waals surface area contributed by atoms with E-state index in [1.807, 2.05) is 0 Å². The molecule has 2 nitrogen and oxygen atoms in total. The van der Waals surface area contributed by atoms with Crippen LogP contribution in [0.1, 0.15) is 77.0 Å². The van der Waals surface area contributed by atoms with Gasteiger partial charge in [0.15, 0.2) is 0 Å². The van der Waals surface area contributed by atoms with Gasteiger partial charge >= 0.3 is 0 Å². The van der Waals surface area contributed by atoms with Gasteiger partial charge in [-0.3, -0.25) is 0 Å². The summed E-state index contributed by atoms with van der Waals surface area (Å²) in [5.41, 5.74) is 5.31. The number of fused-ring (bicyclic) bond motifs is 1. The monoisotopic (exact) mass is 333 g/mol. The molecule has 0 amide bonds. The maximum absolute atomic E-state index is 14.2. The van der Waals surface area contributed by atoms with Crippen LogP contribution in [-0.2, 0) is 5.41 Å². The minimum Gasteiger partial charge on any atom is -0.389 e. The molecule has 0 saturated heterocycles. The number of hydrogen-bond acceptors (Lipinski definition) is 2. The molecule has 1 N–H and O–H groups in total. The summed E-state index contributed by atoms with van der Waals surface area (Å²) in [5.74, 6) is -0.0469. The Morgan fingerprint density at radius 3 is 2.54 bits per heavy atom. The van der Waals surface area contributed by atoms with Gasteiger partial charge in [-0.05, 0) is 53.9 Å². The lowest BCUT2D eigenvalue weighted by molar-refractivity contribution is 0.299. The minimum absolute atomic E-state index is 0.0786. The first-order chi connectivity index (χ1) is 11.2. The number of aliphatic hydroxyl groups is 1. The molecule has 0 bridgehead atoms. The predicted molar refractivity (Wildman–Crippen MR) is 101 cm³/mol. The fourth-order valence-corrected chi connectivity index (χ4v) is 3.55.